The number of likely N-dealkylation sites (tertiary alicyclic amines) is 1. The van der Waals surface area contributed by atoms with Gasteiger partial charge in [0.1, 0.15) is 5.82 Å². The van der Waals surface area contributed by atoms with Gasteiger partial charge >= 0.3 is 0 Å². The van der Waals surface area contributed by atoms with Crippen LogP contribution in [0.3, 0.4) is 0 Å². The molecule has 6 heteroatoms. The molecule has 160 valence electrons. The zero-order valence-electron chi connectivity index (χ0n) is 18.1. The van der Waals surface area contributed by atoms with Crippen LogP contribution in [0.15, 0.2) is 79.3 Å². The zero-order chi connectivity index (χ0) is 21.9. The molecule has 1 saturated heterocycles. The fraction of sp³-hybridized carbons (Fsp3) is 0.231. The molecule has 1 atom stereocenters. The van der Waals surface area contributed by atoms with Crippen molar-refractivity contribution in [2.24, 2.45) is 0 Å². The molecule has 0 aliphatic carbocycles. The van der Waals surface area contributed by atoms with E-state index in [1.165, 1.54) is 0 Å². The van der Waals surface area contributed by atoms with Crippen LogP contribution in [0.1, 0.15) is 46.3 Å². The van der Waals surface area contributed by atoms with Gasteiger partial charge in [-0.05, 0) is 43.5 Å². The molecule has 1 amide bonds. The Hall–Kier alpha value is -3.80. The van der Waals surface area contributed by atoms with Gasteiger partial charge in [-0.25, -0.2) is 15.0 Å². The summed E-state index contributed by atoms with van der Waals surface area (Å²) in [5.41, 5.74) is 3.67. The van der Waals surface area contributed by atoms with Crippen LogP contribution in [0.25, 0.3) is 11.4 Å². The third-order valence-corrected chi connectivity index (χ3v) is 6.01. The van der Waals surface area contributed by atoms with Crippen LogP contribution in [-0.2, 0) is 6.54 Å². The smallest absolute Gasteiger partial charge is 0.254 e. The van der Waals surface area contributed by atoms with Crippen molar-refractivity contribution in [1.29, 1.82) is 0 Å². The maximum Gasteiger partial charge on any atom is 0.254 e. The molecule has 1 fully saturated rings. The monoisotopic (exact) mass is 423 g/mol. The third kappa shape index (κ3) is 4.04. The first-order valence-corrected chi connectivity index (χ1v) is 10.9. The van der Waals surface area contributed by atoms with Crippen LogP contribution < -0.4 is 0 Å². The summed E-state index contributed by atoms with van der Waals surface area (Å²) in [6, 6.07) is 19.7. The first-order chi connectivity index (χ1) is 15.7. The molecule has 32 heavy (non-hydrogen) atoms. The minimum absolute atomic E-state index is 0.0347. The van der Waals surface area contributed by atoms with Crippen molar-refractivity contribution in [3.05, 3.63) is 102 Å². The minimum Gasteiger partial charge on any atom is -0.331 e. The first-order valence-electron chi connectivity index (χ1n) is 10.9. The van der Waals surface area contributed by atoms with Gasteiger partial charge in [0.05, 0.1) is 11.7 Å². The number of carbonyl (C=O) groups excluding carboxylic acids is 1. The Bertz CT molecular complexity index is 1230. The minimum atomic E-state index is -0.0347. The number of aromatic nitrogens is 4. The predicted octanol–water partition coefficient (Wildman–Crippen LogP) is 4.67. The Morgan fingerprint density at radius 1 is 1.03 bits per heavy atom. The Kier molecular flexibility index (Phi) is 5.50. The number of hydrogen-bond donors (Lipinski definition) is 0. The fourth-order valence-corrected chi connectivity index (χ4v) is 4.34. The second-order valence-electron chi connectivity index (χ2n) is 8.13. The van der Waals surface area contributed by atoms with Gasteiger partial charge in [0.15, 0.2) is 5.82 Å². The molecule has 4 aromatic rings. The molecular formula is C26H25N5O. The Morgan fingerprint density at radius 2 is 1.91 bits per heavy atom. The van der Waals surface area contributed by atoms with Crippen LogP contribution in [0.5, 0.6) is 0 Å². The summed E-state index contributed by atoms with van der Waals surface area (Å²) in [4.78, 5) is 29.0. The molecule has 0 N–H and O–H groups in total. The summed E-state index contributed by atoms with van der Waals surface area (Å²) in [5.74, 6) is 1.70. The predicted molar refractivity (Wildman–Crippen MR) is 123 cm³/mol. The van der Waals surface area contributed by atoms with Gasteiger partial charge in [0.25, 0.3) is 5.91 Å². The highest BCUT2D eigenvalue weighted by molar-refractivity contribution is 5.94. The van der Waals surface area contributed by atoms with Gasteiger partial charge in [-0.3, -0.25) is 4.79 Å². The summed E-state index contributed by atoms with van der Waals surface area (Å²) in [5, 5.41) is 0. The van der Waals surface area contributed by atoms with Gasteiger partial charge in [-0.2, -0.15) is 0 Å². The number of carbonyl (C=O) groups is 1. The van der Waals surface area contributed by atoms with E-state index >= 15 is 0 Å². The van der Waals surface area contributed by atoms with E-state index in [0.717, 1.165) is 42.0 Å². The van der Waals surface area contributed by atoms with Crippen molar-refractivity contribution in [2.45, 2.75) is 32.4 Å². The highest BCUT2D eigenvalue weighted by Gasteiger charge is 2.32. The molecule has 0 saturated carbocycles. The summed E-state index contributed by atoms with van der Waals surface area (Å²) >= 11 is 0. The summed E-state index contributed by atoms with van der Waals surface area (Å²) in [6.07, 6.45) is 7.42. The lowest BCUT2D eigenvalue weighted by molar-refractivity contribution is 0.0732. The van der Waals surface area contributed by atoms with Gasteiger partial charge in [-0.15, -0.1) is 0 Å². The number of amides is 1. The second kappa shape index (κ2) is 8.75. The molecule has 3 heterocycles. The van der Waals surface area contributed by atoms with E-state index in [-0.39, 0.29) is 11.9 Å². The standard InChI is InChI=1S/C26H25N5O/c1-19-27-14-16-30(19)18-20-7-5-10-22(17-20)26(32)31-15-6-11-24(31)23-12-13-28-25(29-23)21-8-3-2-4-9-21/h2-5,7-10,12-14,16-17,24H,6,11,15,18H2,1H3/t24-/m1/s1. The molecule has 1 aliphatic rings. The van der Waals surface area contributed by atoms with E-state index in [0.29, 0.717) is 17.9 Å². The van der Waals surface area contributed by atoms with Crippen molar-refractivity contribution < 1.29 is 4.79 Å². The molecular weight excluding hydrogens is 398 g/mol. The Morgan fingerprint density at radius 3 is 2.72 bits per heavy atom. The van der Waals surface area contributed by atoms with Crippen LogP contribution in [0.4, 0.5) is 0 Å². The lowest BCUT2D eigenvalue weighted by Gasteiger charge is -2.25. The highest BCUT2D eigenvalue weighted by atomic mass is 16.2. The second-order valence-corrected chi connectivity index (χ2v) is 8.13. The average Bonchev–Trinajstić information content (AvgIpc) is 3.49. The normalized spacial score (nSPS) is 15.8. The number of aryl methyl sites for hydroxylation is 1. The van der Waals surface area contributed by atoms with Gasteiger partial charge in [0, 0.05) is 42.8 Å². The average molecular weight is 424 g/mol. The number of rotatable bonds is 5. The van der Waals surface area contributed by atoms with Crippen LogP contribution in [0.2, 0.25) is 0 Å². The topological polar surface area (TPSA) is 63.9 Å². The van der Waals surface area contributed by atoms with E-state index in [2.05, 4.69) is 14.5 Å². The van der Waals surface area contributed by atoms with Crippen LogP contribution in [0, 0.1) is 6.92 Å². The van der Waals surface area contributed by atoms with E-state index in [4.69, 9.17) is 4.98 Å². The largest absolute Gasteiger partial charge is 0.331 e. The molecule has 5 rings (SSSR count). The number of imidazole rings is 1. The van der Waals surface area contributed by atoms with Crippen molar-refractivity contribution in [1.82, 2.24) is 24.4 Å². The summed E-state index contributed by atoms with van der Waals surface area (Å²) in [7, 11) is 0. The molecule has 6 nitrogen and oxygen atoms in total. The van der Waals surface area contributed by atoms with E-state index in [9.17, 15) is 4.79 Å². The van der Waals surface area contributed by atoms with Crippen molar-refractivity contribution in [3.63, 3.8) is 0 Å². The van der Waals surface area contributed by atoms with Crippen LogP contribution in [-0.4, -0.2) is 36.9 Å². The number of nitrogens with zero attached hydrogens (tertiary/aromatic N) is 5. The highest BCUT2D eigenvalue weighted by Crippen LogP contribution is 2.33. The first kappa shape index (κ1) is 20.1. The van der Waals surface area contributed by atoms with Gasteiger partial charge in [0.2, 0.25) is 0 Å². The molecule has 0 bridgehead atoms. The lowest BCUT2D eigenvalue weighted by Crippen LogP contribution is -2.31. The fourth-order valence-electron chi connectivity index (χ4n) is 4.34. The maximum absolute atomic E-state index is 13.5. The molecule has 1 aliphatic heterocycles. The maximum atomic E-state index is 13.5. The zero-order valence-corrected chi connectivity index (χ0v) is 18.1. The number of hydrogen-bond acceptors (Lipinski definition) is 4. The SMILES string of the molecule is Cc1nccn1Cc1cccc(C(=O)N2CCC[C@@H]2c2ccnc(-c3ccccc3)n2)c1. The lowest BCUT2D eigenvalue weighted by atomic mass is 10.1. The summed E-state index contributed by atoms with van der Waals surface area (Å²) in [6.45, 7) is 3.41. The van der Waals surface area contributed by atoms with E-state index in [1.54, 1.807) is 12.4 Å². The van der Waals surface area contributed by atoms with Gasteiger partial charge in [-0.1, -0.05) is 42.5 Å². The third-order valence-electron chi connectivity index (χ3n) is 6.01. The molecule has 2 aromatic heterocycles. The molecule has 0 radical (unpaired) electrons. The van der Waals surface area contributed by atoms with Crippen molar-refractivity contribution in [2.75, 3.05) is 6.54 Å². The number of benzene rings is 2. The quantitative estimate of drug-likeness (QED) is 0.468. The molecule has 0 unspecified atom stereocenters. The Balaban J connectivity index is 1.39. The van der Waals surface area contributed by atoms with E-state index in [1.807, 2.05) is 78.7 Å². The van der Waals surface area contributed by atoms with Crippen molar-refractivity contribution >= 4 is 5.91 Å². The van der Waals surface area contributed by atoms with Crippen LogP contribution >= 0.6 is 0 Å². The summed E-state index contributed by atoms with van der Waals surface area (Å²) < 4.78 is 2.08. The Labute approximate surface area is 187 Å². The van der Waals surface area contributed by atoms with Crippen molar-refractivity contribution in [3.8, 4) is 11.4 Å². The van der Waals surface area contributed by atoms with Gasteiger partial charge < -0.3 is 9.47 Å². The molecule has 0 spiro atoms. The van der Waals surface area contributed by atoms with E-state index < -0.39 is 0 Å². The molecule has 2 aromatic carbocycles.